The summed E-state index contributed by atoms with van der Waals surface area (Å²) < 4.78 is 2.16. The van der Waals surface area contributed by atoms with E-state index < -0.39 is 6.04 Å². The maximum Gasteiger partial charge on any atom is 0.255 e. The van der Waals surface area contributed by atoms with E-state index in [-0.39, 0.29) is 23.4 Å². The Kier molecular flexibility index (Phi) is 6.27. The van der Waals surface area contributed by atoms with Crippen molar-refractivity contribution in [1.82, 2.24) is 14.8 Å². The molecule has 2 amide bonds. The summed E-state index contributed by atoms with van der Waals surface area (Å²) in [4.78, 5) is 29.4. The predicted molar refractivity (Wildman–Crippen MR) is 128 cm³/mol. The molecule has 0 saturated heterocycles. The van der Waals surface area contributed by atoms with Gasteiger partial charge in [-0.05, 0) is 52.2 Å². The van der Waals surface area contributed by atoms with Crippen molar-refractivity contribution in [2.24, 2.45) is 0 Å². The van der Waals surface area contributed by atoms with E-state index in [2.05, 4.69) is 22.0 Å². The minimum absolute atomic E-state index is 0.0154. The second-order valence-corrected chi connectivity index (χ2v) is 10.1. The quantitative estimate of drug-likeness (QED) is 0.685. The second-order valence-electron chi connectivity index (χ2n) is 10.1. The maximum absolute atomic E-state index is 13.7. The molecule has 2 heterocycles. The van der Waals surface area contributed by atoms with Crippen molar-refractivity contribution in [2.75, 3.05) is 0 Å². The van der Waals surface area contributed by atoms with Gasteiger partial charge in [0.25, 0.3) is 5.91 Å². The van der Waals surface area contributed by atoms with Crippen molar-refractivity contribution in [3.63, 3.8) is 0 Å². The summed E-state index contributed by atoms with van der Waals surface area (Å²) in [5.74, 6) is -0.112. The fraction of sp³-hybridized carbons (Fsp3) is 0.481. The van der Waals surface area contributed by atoms with Gasteiger partial charge >= 0.3 is 0 Å². The summed E-state index contributed by atoms with van der Waals surface area (Å²) in [5.41, 5.74) is 3.31. The van der Waals surface area contributed by atoms with Crippen LogP contribution >= 0.6 is 0 Å². The molecule has 1 aliphatic carbocycles. The van der Waals surface area contributed by atoms with Gasteiger partial charge in [0.05, 0.1) is 5.69 Å². The molecule has 1 unspecified atom stereocenters. The van der Waals surface area contributed by atoms with Gasteiger partial charge in [0, 0.05) is 35.5 Å². The van der Waals surface area contributed by atoms with E-state index >= 15 is 0 Å². The number of aromatic nitrogens is 1. The van der Waals surface area contributed by atoms with E-state index in [0.29, 0.717) is 12.1 Å². The lowest BCUT2D eigenvalue weighted by atomic mass is 9.87. The number of nitrogens with one attached hydrogen (secondary N) is 1. The first-order valence-electron chi connectivity index (χ1n) is 11.8. The lowest BCUT2D eigenvalue weighted by Crippen LogP contribution is -2.55. The lowest BCUT2D eigenvalue weighted by Gasteiger charge is -2.44. The van der Waals surface area contributed by atoms with Gasteiger partial charge in [0.1, 0.15) is 0 Å². The van der Waals surface area contributed by atoms with Gasteiger partial charge in [0.15, 0.2) is 6.04 Å². The Morgan fingerprint density at radius 3 is 2.41 bits per heavy atom. The van der Waals surface area contributed by atoms with E-state index in [0.717, 1.165) is 36.9 Å². The number of allylic oxidation sites excluding steroid dienone is 1. The van der Waals surface area contributed by atoms with Crippen LogP contribution in [0.2, 0.25) is 0 Å². The molecule has 5 nitrogen and oxygen atoms in total. The van der Waals surface area contributed by atoms with Gasteiger partial charge in [0.2, 0.25) is 5.91 Å². The lowest BCUT2D eigenvalue weighted by molar-refractivity contribution is -0.141. The van der Waals surface area contributed by atoms with Gasteiger partial charge in [-0.15, -0.1) is 0 Å². The van der Waals surface area contributed by atoms with Gasteiger partial charge in [-0.1, -0.05) is 55.7 Å². The zero-order chi connectivity index (χ0) is 22.9. The number of hydrogen-bond acceptors (Lipinski definition) is 2. The van der Waals surface area contributed by atoms with Crippen LogP contribution in [0.3, 0.4) is 0 Å². The van der Waals surface area contributed by atoms with Crippen LogP contribution in [0.15, 0.2) is 48.7 Å². The molecule has 1 saturated carbocycles. The first kappa shape index (κ1) is 22.4. The molecule has 0 bridgehead atoms. The molecular formula is C27H35N3O2. The molecular weight excluding hydrogens is 398 g/mol. The largest absolute Gasteiger partial charge is 0.349 e. The molecule has 32 heavy (non-hydrogen) atoms. The summed E-state index contributed by atoms with van der Waals surface area (Å²) in [7, 11) is 0. The molecule has 170 valence electrons. The molecule has 1 aromatic heterocycles. The van der Waals surface area contributed by atoms with Crippen LogP contribution in [0.5, 0.6) is 0 Å². The van der Waals surface area contributed by atoms with Gasteiger partial charge in [-0.2, -0.15) is 0 Å². The Morgan fingerprint density at radius 1 is 1.09 bits per heavy atom. The van der Waals surface area contributed by atoms with Crippen LogP contribution in [-0.2, 0) is 16.1 Å². The van der Waals surface area contributed by atoms with E-state index in [1.54, 1.807) is 0 Å². The highest BCUT2D eigenvalue weighted by Gasteiger charge is 2.45. The summed E-state index contributed by atoms with van der Waals surface area (Å²) in [6.45, 7) is 8.55. The zero-order valence-electron chi connectivity index (χ0n) is 19.7. The third-order valence-electron chi connectivity index (χ3n) is 6.50. The van der Waals surface area contributed by atoms with Gasteiger partial charge < -0.3 is 14.8 Å². The summed E-state index contributed by atoms with van der Waals surface area (Å²) in [5, 5.41) is 3.17. The van der Waals surface area contributed by atoms with Crippen molar-refractivity contribution in [1.29, 1.82) is 0 Å². The van der Waals surface area contributed by atoms with Crippen molar-refractivity contribution in [2.45, 2.75) is 84.0 Å². The Hall–Kier alpha value is -2.82. The van der Waals surface area contributed by atoms with E-state index in [1.807, 2.05) is 69.1 Å². The van der Waals surface area contributed by atoms with Crippen molar-refractivity contribution in [3.05, 3.63) is 65.5 Å². The minimum Gasteiger partial charge on any atom is -0.349 e. The van der Waals surface area contributed by atoms with E-state index in [9.17, 15) is 9.59 Å². The number of amides is 2. The number of hydrogen-bond donors (Lipinski definition) is 1. The Bertz CT molecular complexity index is 1010. The molecule has 2 aromatic rings. The molecule has 0 radical (unpaired) electrons. The average Bonchev–Trinajstić information content (AvgIpc) is 3.16. The smallest absolute Gasteiger partial charge is 0.255 e. The van der Waals surface area contributed by atoms with Crippen LogP contribution in [0.4, 0.5) is 0 Å². The van der Waals surface area contributed by atoms with Crippen molar-refractivity contribution in [3.8, 4) is 0 Å². The molecule has 4 rings (SSSR count). The molecule has 1 aromatic carbocycles. The number of rotatable bonds is 4. The zero-order valence-corrected chi connectivity index (χ0v) is 19.7. The third kappa shape index (κ3) is 4.38. The minimum atomic E-state index is -0.623. The van der Waals surface area contributed by atoms with E-state index in [4.69, 9.17) is 0 Å². The number of carbonyl (C=O) groups excluding carboxylic acids is 2. The second kappa shape index (κ2) is 8.97. The molecule has 1 fully saturated rings. The van der Waals surface area contributed by atoms with Crippen LogP contribution in [0, 0.1) is 0 Å². The van der Waals surface area contributed by atoms with Crippen LogP contribution in [0.25, 0.3) is 5.57 Å². The summed E-state index contributed by atoms with van der Waals surface area (Å²) >= 11 is 0. The van der Waals surface area contributed by atoms with Crippen LogP contribution in [-0.4, -0.2) is 32.9 Å². The fourth-order valence-electron chi connectivity index (χ4n) is 5.14. The van der Waals surface area contributed by atoms with Crippen LogP contribution in [0.1, 0.15) is 82.7 Å². The van der Waals surface area contributed by atoms with Crippen molar-refractivity contribution >= 4 is 17.4 Å². The summed E-state index contributed by atoms with van der Waals surface area (Å²) in [6.07, 6.45) is 9.24. The first-order chi connectivity index (χ1) is 15.3. The Morgan fingerprint density at radius 2 is 1.78 bits per heavy atom. The SMILES string of the molecule is C/C=C1/C(=O)N(C2CCCCC2)C(C(=O)NC(C)(C)C)c2c1ccn2Cc1ccccc1. The number of fused-ring (bicyclic) bond motifs is 1. The monoisotopic (exact) mass is 433 g/mol. The molecule has 1 atom stereocenters. The maximum atomic E-state index is 13.7. The Balaban J connectivity index is 1.84. The fourth-order valence-corrected chi connectivity index (χ4v) is 5.14. The summed E-state index contributed by atoms with van der Waals surface area (Å²) in [6, 6.07) is 11.7. The third-order valence-corrected chi connectivity index (χ3v) is 6.50. The Labute approximate surface area is 191 Å². The van der Waals surface area contributed by atoms with Crippen molar-refractivity contribution < 1.29 is 9.59 Å². The molecule has 5 heteroatoms. The highest BCUT2D eigenvalue weighted by molar-refractivity contribution is 6.22. The number of carbonyl (C=O) groups is 2. The van der Waals surface area contributed by atoms with Gasteiger partial charge in [-0.3, -0.25) is 9.59 Å². The predicted octanol–water partition coefficient (Wildman–Crippen LogP) is 5.07. The first-order valence-corrected chi connectivity index (χ1v) is 11.8. The average molecular weight is 434 g/mol. The van der Waals surface area contributed by atoms with E-state index in [1.165, 1.54) is 12.0 Å². The highest BCUT2D eigenvalue weighted by Crippen LogP contribution is 2.41. The molecule has 1 aliphatic heterocycles. The highest BCUT2D eigenvalue weighted by atomic mass is 16.2. The standard InChI is InChI=1S/C27H35N3O2/c1-5-21-22-16-17-29(18-19-12-8-6-9-13-19)23(22)24(25(31)28-27(2,3)4)30(26(21)32)20-14-10-7-11-15-20/h5-6,8-9,12-13,16-17,20,24H,7,10-11,14-15,18H2,1-4H3,(H,28,31)/b21-5+. The normalized spacial score (nSPS) is 21.0. The number of nitrogens with zero attached hydrogens (tertiary/aromatic N) is 2. The molecule has 2 aliphatic rings. The van der Waals surface area contributed by atoms with Crippen LogP contribution < -0.4 is 5.32 Å². The topological polar surface area (TPSA) is 54.3 Å². The van der Waals surface area contributed by atoms with Gasteiger partial charge in [-0.25, -0.2) is 0 Å². The number of benzene rings is 1. The molecule has 1 N–H and O–H groups in total. The molecule has 0 spiro atoms.